The Labute approximate surface area is 188 Å². The second kappa shape index (κ2) is 7.37. The predicted molar refractivity (Wildman–Crippen MR) is 117 cm³/mol. The molecule has 0 aliphatic carbocycles. The van der Waals surface area contributed by atoms with E-state index in [4.69, 9.17) is 9.52 Å². The van der Waals surface area contributed by atoms with E-state index in [9.17, 15) is 4.79 Å². The number of rotatable bonds is 3. The summed E-state index contributed by atoms with van der Waals surface area (Å²) in [7, 11) is 0. The zero-order chi connectivity index (χ0) is 22.5. The maximum atomic E-state index is 13.6. The molecule has 0 fully saturated rings. The number of nitrogens with one attached hydrogen (secondary N) is 1. The molecule has 6 rings (SSSR count). The number of amides is 1. The van der Waals surface area contributed by atoms with Crippen LogP contribution in [-0.2, 0) is 6.42 Å². The van der Waals surface area contributed by atoms with Crippen LogP contribution in [0.4, 0.5) is 0 Å². The number of pyridine rings is 2. The van der Waals surface area contributed by atoms with Crippen LogP contribution in [0.1, 0.15) is 45.1 Å². The highest BCUT2D eigenvalue weighted by molar-refractivity contribution is 5.90. The summed E-state index contributed by atoms with van der Waals surface area (Å²) >= 11 is 0. The second-order valence-corrected chi connectivity index (χ2v) is 8.06. The molecule has 0 saturated heterocycles. The summed E-state index contributed by atoms with van der Waals surface area (Å²) in [4.78, 5) is 27.2. The molecule has 0 bridgehead atoms. The number of aromatic amines is 1. The largest absolute Gasteiger partial charge is 0.412 e. The van der Waals surface area contributed by atoms with Crippen molar-refractivity contribution in [1.82, 2.24) is 39.7 Å². The average Bonchev–Trinajstić information content (AvgIpc) is 3.57. The Bertz CT molecular complexity index is 1500. The van der Waals surface area contributed by atoms with Gasteiger partial charge in [0.25, 0.3) is 0 Å². The van der Waals surface area contributed by atoms with Crippen LogP contribution in [0, 0.1) is 13.8 Å². The van der Waals surface area contributed by atoms with E-state index >= 15 is 0 Å². The molecule has 6 heterocycles. The van der Waals surface area contributed by atoms with Gasteiger partial charge in [-0.25, -0.2) is 9.50 Å². The van der Waals surface area contributed by atoms with Crippen LogP contribution in [0.5, 0.6) is 0 Å². The summed E-state index contributed by atoms with van der Waals surface area (Å²) in [6.45, 7) is 4.35. The van der Waals surface area contributed by atoms with Crippen molar-refractivity contribution in [3.63, 3.8) is 0 Å². The monoisotopic (exact) mass is 440 g/mol. The number of carbonyl (C=O) groups excluding carboxylic acids is 1. The molecule has 1 amide bonds. The van der Waals surface area contributed by atoms with Crippen molar-refractivity contribution in [3.05, 3.63) is 83.3 Å². The molecule has 0 radical (unpaired) electrons. The van der Waals surface area contributed by atoms with Crippen molar-refractivity contribution in [2.45, 2.75) is 26.3 Å². The highest BCUT2D eigenvalue weighted by Gasteiger charge is 2.38. The summed E-state index contributed by atoms with van der Waals surface area (Å²) in [5, 5.41) is 12.9. The lowest BCUT2D eigenvalue weighted by Gasteiger charge is -2.32. The predicted octanol–water partition coefficient (Wildman–Crippen LogP) is 2.91. The van der Waals surface area contributed by atoms with E-state index in [0.717, 1.165) is 33.9 Å². The minimum atomic E-state index is -0.470. The second-order valence-electron chi connectivity index (χ2n) is 8.06. The minimum absolute atomic E-state index is 0.0721. The van der Waals surface area contributed by atoms with Gasteiger partial charge < -0.3 is 14.3 Å². The van der Waals surface area contributed by atoms with E-state index in [-0.39, 0.29) is 17.7 Å². The molecule has 0 aromatic carbocycles. The van der Waals surface area contributed by atoms with E-state index in [1.54, 1.807) is 23.5 Å². The van der Waals surface area contributed by atoms with Crippen molar-refractivity contribution >= 4 is 11.4 Å². The summed E-state index contributed by atoms with van der Waals surface area (Å²) in [6.07, 6.45) is 5.89. The first kappa shape index (κ1) is 19.4. The lowest BCUT2D eigenvalue weighted by atomic mass is 9.99. The molecule has 10 nitrogen and oxygen atoms in total. The van der Waals surface area contributed by atoms with Gasteiger partial charge in [0.2, 0.25) is 5.89 Å². The number of aromatic nitrogens is 7. The number of fused-ring (bicyclic) bond motifs is 2. The molecule has 1 unspecified atom stereocenters. The fourth-order valence-electron chi connectivity index (χ4n) is 4.36. The number of hydrogen-bond donors (Lipinski definition) is 1. The Balaban J connectivity index is 1.41. The lowest BCUT2D eigenvalue weighted by Crippen LogP contribution is -2.41. The molecule has 33 heavy (non-hydrogen) atoms. The molecule has 1 N–H and O–H groups in total. The van der Waals surface area contributed by atoms with Crippen LogP contribution >= 0.6 is 0 Å². The van der Waals surface area contributed by atoms with Crippen molar-refractivity contribution < 1.29 is 9.21 Å². The normalized spacial score (nSPS) is 15.7. The van der Waals surface area contributed by atoms with Crippen LogP contribution in [0.2, 0.25) is 0 Å². The number of aryl methyl sites for hydroxylation is 2. The average molecular weight is 440 g/mol. The van der Waals surface area contributed by atoms with E-state index in [2.05, 4.69) is 25.1 Å². The van der Waals surface area contributed by atoms with Crippen LogP contribution < -0.4 is 0 Å². The molecule has 0 spiro atoms. The third-order valence-corrected chi connectivity index (χ3v) is 6.04. The van der Waals surface area contributed by atoms with E-state index in [1.807, 2.05) is 48.8 Å². The van der Waals surface area contributed by atoms with Crippen LogP contribution in [-0.4, -0.2) is 52.1 Å². The zero-order valence-electron chi connectivity index (χ0n) is 18.1. The van der Waals surface area contributed by atoms with Crippen LogP contribution in [0.25, 0.3) is 17.0 Å². The third kappa shape index (κ3) is 3.10. The zero-order valence-corrected chi connectivity index (χ0v) is 18.1. The standard InChI is InChI=1S/C23H20N8O2/c1-13-5-4-9-31-18(13)11-17(29-31)20-19-16(25-12-26-19)7-10-30(20)23(32)22-28-27-21(33-22)15-6-3-8-24-14(15)2/h3-6,8-9,11-12,20H,7,10H2,1-2H3,(H,25,26). The van der Waals surface area contributed by atoms with Gasteiger partial charge in [0.05, 0.1) is 28.8 Å². The Hall–Kier alpha value is -4.34. The molecule has 164 valence electrons. The van der Waals surface area contributed by atoms with Gasteiger partial charge in [-0.1, -0.05) is 6.07 Å². The third-order valence-electron chi connectivity index (χ3n) is 6.04. The molecule has 10 heteroatoms. The summed E-state index contributed by atoms with van der Waals surface area (Å²) in [5.41, 5.74) is 6.03. The van der Waals surface area contributed by atoms with Crippen molar-refractivity contribution in [1.29, 1.82) is 0 Å². The molecule has 1 aliphatic heterocycles. The number of nitrogens with zero attached hydrogens (tertiary/aromatic N) is 7. The molecular weight excluding hydrogens is 420 g/mol. The van der Waals surface area contributed by atoms with Crippen LogP contribution in [0.15, 0.2) is 53.5 Å². The molecule has 5 aromatic heterocycles. The van der Waals surface area contributed by atoms with Gasteiger partial charge in [-0.3, -0.25) is 9.78 Å². The van der Waals surface area contributed by atoms with Crippen molar-refractivity contribution in [3.8, 4) is 11.5 Å². The molecule has 1 atom stereocenters. The Morgan fingerprint density at radius 2 is 2.09 bits per heavy atom. The van der Waals surface area contributed by atoms with Gasteiger partial charge in [-0.2, -0.15) is 5.10 Å². The smallest absolute Gasteiger partial charge is 0.312 e. The first-order valence-corrected chi connectivity index (χ1v) is 10.6. The number of carbonyl (C=O) groups is 1. The first-order chi connectivity index (χ1) is 16.1. The van der Waals surface area contributed by atoms with Crippen LogP contribution in [0.3, 0.4) is 0 Å². The Kier molecular flexibility index (Phi) is 4.32. The molecule has 1 aliphatic rings. The highest BCUT2D eigenvalue weighted by atomic mass is 16.4. The number of hydrogen-bond acceptors (Lipinski definition) is 7. The van der Waals surface area contributed by atoms with E-state index in [0.29, 0.717) is 18.5 Å². The van der Waals surface area contributed by atoms with E-state index < -0.39 is 6.04 Å². The van der Waals surface area contributed by atoms with Gasteiger partial charge >= 0.3 is 11.8 Å². The van der Waals surface area contributed by atoms with Gasteiger partial charge in [-0.05, 0) is 43.7 Å². The summed E-state index contributed by atoms with van der Waals surface area (Å²) in [5.74, 6) is -0.166. The highest BCUT2D eigenvalue weighted by Crippen LogP contribution is 2.34. The first-order valence-electron chi connectivity index (χ1n) is 10.6. The quantitative estimate of drug-likeness (QED) is 0.458. The van der Waals surface area contributed by atoms with Gasteiger partial charge in [0.1, 0.15) is 6.04 Å². The van der Waals surface area contributed by atoms with E-state index in [1.165, 1.54) is 0 Å². The van der Waals surface area contributed by atoms with Crippen molar-refractivity contribution in [2.24, 2.45) is 0 Å². The maximum Gasteiger partial charge on any atom is 0.312 e. The number of H-pyrrole nitrogens is 1. The number of imidazole rings is 1. The Morgan fingerprint density at radius 3 is 2.94 bits per heavy atom. The fraction of sp³-hybridized carbons (Fsp3) is 0.217. The molecular formula is C23H20N8O2. The topological polar surface area (TPSA) is 118 Å². The Morgan fingerprint density at radius 1 is 1.18 bits per heavy atom. The molecule has 0 saturated carbocycles. The minimum Gasteiger partial charge on any atom is -0.412 e. The fourth-order valence-corrected chi connectivity index (χ4v) is 4.36. The van der Waals surface area contributed by atoms with Gasteiger partial charge in [-0.15, -0.1) is 10.2 Å². The van der Waals surface area contributed by atoms with Gasteiger partial charge in [0.15, 0.2) is 0 Å². The molecule has 5 aromatic rings. The summed E-state index contributed by atoms with van der Waals surface area (Å²) in [6, 6.07) is 9.14. The van der Waals surface area contributed by atoms with Gasteiger partial charge in [0, 0.05) is 36.7 Å². The van der Waals surface area contributed by atoms with Crippen molar-refractivity contribution in [2.75, 3.05) is 6.54 Å². The SMILES string of the molecule is Cc1ncccc1-c1nnc(C(=O)N2CCc3[nH]cnc3C2c2cc3c(C)cccn3n2)o1. The lowest BCUT2D eigenvalue weighted by molar-refractivity contribution is 0.0646. The summed E-state index contributed by atoms with van der Waals surface area (Å²) < 4.78 is 7.61. The maximum absolute atomic E-state index is 13.6.